The van der Waals surface area contributed by atoms with E-state index < -0.39 is 0 Å². The van der Waals surface area contributed by atoms with Gasteiger partial charge in [0.2, 0.25) is 5.95 Å². The third-order valence-corrected chi connectivity index (χ3v) is 3.29. The Hall–Kier alpha value is -2.15. The minimum absolute atomic E-state index is 0.136. The largest absolute Gasteiger partial charge is 0.369 e. The van der Waals surface area contributed by atoms with Gasteiger partial charge in [0.25, 0.3) is 5.56 Å². The number of nitrogen functional groups attached to an aromatic ring is 1. The second kappa shape index (κ2) is 4.51. The van der Waals surface area contributed by atoms with E-state index >= 15 is 0 Å². The van der Waals surface area contributed by atoms with Crippen LogP contribution < -0.4 is 11.3 Å². The number of nitrogens with one attached hydrogen (secondary N) is 2. The summed E-state index contributed by atoms with van der Waals surface area (Å²) < 4.78 is 0. The molecule has 1 aliphatic rings. The molecule has 3 rings (SSSR count). The number of fused-ring (bicyclic) bond motifs is 1. The van der Waals surface area contributed by atoms with Crippen LogP contribution in [0.15, 0.2) is 11.0 Å². The van der Waals surface area contributed by atoms with Gasteiger partial charge in [-0.15, -0.1) is 0 Å². The molecule has 0 fully saturated rings. The molecule has 100 valence electrons. The first-order valence-electron chi connectivity index (χ1n) is 6.22. The van der Waals surface area contributed by atoms with E-state index in [1.807, 2.05) is 13.1 Å². The third kappa shape index (κ3) is 2.37. The normalized spacial score (nSPS) is 15.4. The Morgan fingerprint density at radius 3 is 3.05 bits per heavy atom. The van der Waals surface area contributed by atoms with Crippen LogP contribution in [0, 0.1) is 6.92 Å². The van der Waals surface area contributed by atoms with E-state index in [1.165, 1.54) is 0 Å². The topological polar surface area (TPSA) is 104 Å². The van der Waals surface area contributed by atoms with E-state index in [0.29, 0.717) is 18.7 Å². The first-order chi connectivity index (χ1) is 9.11. The lowest BCUT2D eigenvalue weighted by atomic mass is 10.1. The van der Waals surface area contributed by atoms with Gasteiger partial charge in [0.15, 0.2) is 0 Å². The van der Waals surface area contributed by atoms with E-state index in [2.05, 4.69) is 24.8 Å². The number of H-pyrrole nitrogens is 2. The van der Waals surface area contributed by atoms with Crippen molar-refractivity contribution in [2.45, 2.75) is 26.4 Å². The van der Waals surface area contributed by atoms with Crippen molar-refractivity contribution in [1.82, 2.24) is 24.8 Å². The molecule has 0 aliphatic carbocycles. The van der Waals surface area contributed by atoms with Gasteiger partial charge in [0.05, 0.1) is 17.8 Å². The van der Waals surface area contributed by atoms with Crippen LogP contribution in [0.5, 0.6) is 0 Å². The van der Waals surface area contributed by atoms with Gasteiger partial charge in [-0.2, -0.15) is 0 Å². The van der Waals surface area contributed by atoms with Crippen molar-refractivity contribution in [3.05, 3.63) is 39.3 Å². The molecule has 2 aromatic rings. The quantitative estimate of drug-likeness (QED) is 0.702. The van der Waals surface area contributed by atoms with Gasteiger partial charge in [-0.05, 0) is 6.92 Å². The fourth-order valence-corrected chi connectivity index (χ4v) is 2.39. The Kier molecular flexibility index (Phi) is 2.83. The van der Waals surface area contributed by atoms with Gasteiger partial charge >= 0.3 is 0 Å². The second-order valence-corrected chi connectivity index (χ2v) is 4.85. The Bertz CT molecular complexity index is 658. The van der Waals surface area contributed by atoms with Crippen molar-refractivity contribution in [3.8, 4) is 0 Å². The van der Waals surface area contributed by atoms with E-state index in [9.17, 15) is 4.79 Å². The number of imidazole rings is 1. The van der Waals surface area contributed by atoms with Crippen molar-refractivity contribution in [1.29, 1.82) is 0 Å². The molecule has 3 heterocycles. The molecule has 19 heavy (non-hydrogen) atoms. The number of hydrogen-bond donors (Lipinski definition) is 3. The fourth-order valence-electron chi connectivity index (χ4n) is 2.39. The zero-order valence-corrected chi connectivity index (χ0v) is 10.7. The van der Waals surface area contributed by atoms with Gasteiger partial charge in [0.1, 0.15) is 5.82 Å². The van der Waals surface area contributed by atoms with Crippen LogP contribution in [0.4, 0.5) is 5.95 Å². The Morgan fingerprint density at radius 2 is 2.32 bits per heavy atom. The van der Waals surface area contributed by atoms with Gasteiger partial charge in [-0.25, -0.2) is 9.97 Å². The van der Waals surface area contributed by atoms with Crippen molar-refractivity contribution >= 4 is 5.95 Å². The van der Waals surface area contributed by atoms with Crippen LogP contribution in [0.2, 0.25) is 0 Å². The number of aryl methyl sites for hydroxylation is 1. The minimum atomic E-state index is -0.136. The van der Waals surface area contributed by atoms with Crippen LogP contribution in [-0.4, -0.2) is 31.4 Å². The number of aromatic nitrogens is 4. The number of nitrogens with two attached hydrogens (primary N) is 1. The molecule has 1 aliphatic heterocycles. The van der Waals surface area contributed by atoms with E-state index in [1.54, 1.807) is 0 Å². The van der Waals surface area contributed by atoms with Gasteiger partial charge in [-0.3, -0.25) is 14.7 Å². The van der Waals surface area contributed by atoms with Crippen molar-refractivity contribution in [2.75, 3.05) is 12.3 Å². The first-order valence-corrected chi connectivity index (χ1v) is 6.22. The highest BCUT2D eigenvalue weighted by Crippen LogP contribution is 2.15. The maximum atomic E-state index is 11.9. The van der Waals surface area contributed by atoms with Crippen LogP contribution in [0.25, 0.3) is 0 Å². The highest BCUT2D eigenvalue weighted by Gasteiger charge is 2.21. The number of aromatic amines is 2. The van der Waals surface area contributed by atoms with Gasteiger partial charge in [-0.1, -0.05) is 0 Å². The molecule has 2 aromatic heterocycles. The maximum absolute atomic E-state index is 11.9. The van der Waals surface area contributed by atoms with Gasteiger partial charge in [0, 0.05) is 31.4 Å². The van der Waals surface area contributed by atoms with E-state index in [0.717, 1.165) is 30.2 Å². The molecule has 0 aromatic carbocycles. The molecule has 0 radical (unpaired) electrons. The summed E-state index contributed by atoms with van der Waals surface area (Å²) >= 11 is 0. The SMILES string of the molecule is Cc1cnc(CN2CCc3nc(N)[nH]c(=O)c3C2)[nH]1. The first kappa shape index (κ1) is 11.9. The molecule has 0 saturated heterocycles. The lowest BCUT2D eigenvalue weighted by molar-refractivity contribution is 0.236. The number of nitrogens with zero attached hydrogens (tertiary/aromatic N) is 3. The Balaban J connectivity index is 1.80. The Morgan fingerprint density at radius 1 is 1.47 bits per heavy atom. The van der Waals surface area contributed by atoms with E-state index in [4.69, 9.17) is 5.73 Å². The fraction of sp³-hybridized carbons (Fsp3) is 0.417. The molecule has 0 saturated carbocycles. The molecule has 7 heteroatoms. The highest BCUT2D eigenvalue weighted by molar-refractivity contribution is 5.27. The van der Waals surface area contributed by atoms with Crippen LogP contribution in [-0.2, 0) is 19.5 Å². The van der Waals surface area contributed by atoms with E-state index in [-0.39, 0.29) is 11.5 Å². The third-order valence-electron chi connectivity index (χ3n) is 3.29. The minimum Gasteiger partial charge on any atom is -0.369 e. The number of rotatable bonds is 2. The smallest absolute Gasteiger partial charge is 0.257 e. The Labute approximate surface area is 109 Å². The lowest BCUT2D eigenvalue weighted by Crippen LogP contribution is -2.35. The van der Waals surface area contributed by atoms with Crippen LogP contribution in [0.1, 0.15) is 22.8 Å². The summed E-state index contributed by atoms with van der Waals surface area (Å²) in [5.41, 5.74) is 7.98. The van der Waals surface area contributed by atoms with Crippen molar-refractivity contribution in [2.24, 2.45) is 0 Å². The molecule has 7 nitrogen and oxygen atoms in total. The molecular formula is C12H16N6O. The zero-order valence-electron chi connectivity index (χ0n) is 10.7. The summed E-state index contributed by atoms with van der Waals surface area (Å²) in [4.78, 5) is 28.3. The number of hydrogen-bond acceptors (Lipinski definition) is 5. The summed E-state index contributed by atoms with van der Waals surface area (Å²) in [5.74, 6) is 1.11. The predicted octanol–water partition coefficient (Wildman–Crippen LogP) is -0.0581. The van der Waals surface area contributed by atoms with Crippen LogP contribution >= 0.6 is 0 Å². The van der Waals surface area contributed by atoms with Crippen LogP contribution in [0.3, 0.4) is 0 Å². The van der Waals surface area contributed by atoms with Crippen molar-refractivity contribution in [3.63, 3.8) is 0 Å². The molecule has 0 bridgehead atoms. The second-order valence-electron chi connectivity index (χ2n) is 4.85. The summed E-state index contributed by atoms with van der Waals surface area (Å²) in [6.07, 6.45) is 2.55. The monoisotopic (exact) mass is 260 g/mol. The molecule has 0 unspecified atom stereocenters. The summed E-state index contributed by atoms with van der Waals surface area (Å²) in [6, 6.07) is 0. The van der Waals surface area contributed by atoms with Crippen molar-refractivity contribution < 1.29 is 0 Å². The molecule has 4 N–H and O–H groups in total. The summed E-state index contributed by atoms with van der Waals surface area (Å²) in [6.45, 7) is 4.11. The number of anilines is 1. The van der Waals surface area contributed by atoms with Gasteiger partial charge < -0.3 is 10.7 Å². The average molecular weight is 260 g/mol. The summed E-state index contributed by atoms with van der Waals surface area (Å²) in [5, 5.41) is 0. The molecule has 0 amide bonds. The molecule has 0 atom stereocenters. The standard InChI is InChI=1S/C12H16N6O/c1-7-4-14-10(15-7)6-18-3-2-9-8(5-18)11(19)17-12(13)16-9/h4H,2-3,5-6H2,1H3,(H,14,15)(H3,13,16,17,19). The molecular weight excluding hydrogens is 244 g/mol. The average Bonchev–Trinajstić information content (AvgIpc) is 2.75. The maximum Gasteiger partial charge on any atom is 0.257 e. The lowest BCUT2D eigenvalue weighted by Gasteiger charge is -2.26. The highest BCUT2D eigenvalue weighted by atomic mass is 16.1. The summed E-state index contributed by atoms with van der Waals surface area (Å²) in [7, 11) is 0. The molecule has 0 spiro atoms. The zero-order chi connectivity index (χ0) is 13.4. The predicted molar refractivity (Wildman–Crippen MR) is 70.4 cm³/mol.